The minimum absolute atomic E-state index is 0.568. The molecule has 1 atom stereocenters. The summed E-state index contributed by atoms with van der Waals surface area (Å²) < 4.78 is 7.87. The molecule has 6 heteroatoms. The topological polar surface area (TPSA) is 46.4 Å². The van der Waals surface area contributed by atoms with Crippen molar-refractivity contribution >= 4 is 0 Å². The largest absolute Gasteiger partial charge is 0.492 e. The molecule has 2 aromatic rings. The Morgan fingerprint density at radius 3 is 2.75 bits per heavy atom. The van der Waals surface area contributed by atoms with Crippen LogP contribution in [0.15, 0.2) is 30.3 Å². The van der Waals surface area contributed by atoms with Gasteiger partial charge in [-0.15, -0.1) is 10.2 Å². The highest BCUT2D eigenvalue weighted by atomic mass is 16.5. The van der Waals surface area contributed by atoms with E-state index in [1.807, 2.05) is 44.3 Å². The fraction of sp³-hybridized carbons (Fsp3) is 0.556. The van der Waals surface area contributed by atoms with E-state index in [1.54, 1.807) is 0 Å². The molecule has 0 bridgehead atoms. The van der Waals surface area contributed by atoms with Crippen molar-refractivity contribution in [1.82, 2.24) is 24.6 Å². The molecule has 0 spiro atoms. The zero-order valence-corrected chi connectivity index (χ0v) is 14.9. The molecule has 0 saturated carbocycles. The Morgan fingerprint density at radius 1 is 1.25 bits per heavy atom. The molecule has 0 aliphatic carbocycles. The maximum atomic E-state index is 5.80. The molecular weight excluding hydrogens is 302 g/mol. The summed E-state index contributed by atoms with van der Waals surface area (Å²) in [4.78, 5) is 4.87. The number of likely N-dealkylation sites (N-methyl/N-ethyl adjacent to an activating group) is 1. The lowest BCUT2D eigenvalue weighted by atomic mass is 10.2. The molecule has 1 aromatic heterocycles. The van der Waals surface area contributed by atoms with Crippen LogP contribution in [0.4, 0.5) is 0 Å². The Labute approximate surface area is 144 Å². The molecule has 3 rings (SSSR count). The molecule has 130 valence electrons. The molecule has 2 heterocycles. The van der Waals surface area contributed by atoms with Crippen LogP contribution in [0, 0.1) is 6.92 Å². The van der Waals surface area contributed by atoms with Crippen LogP contribution in [0.3, 0.4) is 0 Å². The van der Waals surface area contributed by atoms with Gasteiger partial charge >= 0.3 is 0 Å². The van der Waals surface area contributed by atoms with E-state index in [2.05, 4.69) is 31.6 Å². The van der Waals surface area contributed by atoms with Crippen LogP contribution in [-0.4, -0.2) is 63.9 Å². The van der Waals surface area contributed by atoms with Crippen molar-refractivity contribution < 1.29 is 4.74 Å². The van der Waals surface area contributed by atoms with Crippen LogP contribution < -0.4 is 4.74 Å². The van der Waals surface area contributed by atoms with Crippen molar-refractivity contribution in [3.8, 4) is 5.75 Å². The summed E-state index contributed by atoms with van der Waals surface area (Å²) in [6, 6.07) is 10.6. The smallest absolute Gasteiger partial charge is 0.146 e. The molecule has 24 heavy (non-hydrogen) atoms. The zero-order chi connectivity index (χ0) is 16.9. The number of para-hydroxylation sites is 1. The number of ether oxygens (including phenoxy) is 1. The minimum Gasteiger partial charge on any atom is -0.492 e. The highest BCUT2D eigenvalue weighted by Gasteiger charge is 2.26. The number of benzene rings is 1. The Bertz CT molecular complexity index is 642. The standard InChI is InChI=1S/C18H27N5O/c1-15-19-20-18(22(15)3)14-21(2)16-9-10-23(13-16)11-12-24-17-7-5-4-6-8-17/h4-8,16H,9-14H2,1-3H3. The fourth-order valence-corrected chi connectivity index (χ4v) is 3.13. The quantitative estimate of drug-likeness (QED) is 0.774. The number of rotatable bonds is 7. The first kappa shape index (κ1) is 16.9. The van der Waals surface area contributed by atoms with Crippen molar-refractivity contribution in [1.29, 1.82) is 0 Å². The zero-order valence-electron chi connectivity index (χ0n) is 14.9. The maximum absolute atomic E-state index is 5.80. The van der Waals surface area contributed by atoms with Gasteiger partial charge in [0.2, 0.25) is 0 Å². The number of nitrogens with zero attached hydrogens (tertiary/aromatic N) is 5. The summed E-state index contributed by atoms with van der Waals surface area (Å²) in [5.74, 6) is 2.94. The Balaban J connectivity index is 1.42. The SMILES string of the molecule is Cc1nnc(CN(C)C2CCN(CCOc3ccccc3)C2)n1C. The van der Waals surface area contributed by atoms with Crippen LogP contribution >= 0.6 is 0 Å². The van der Waals surface area contributed by atoms with E-state index in [9.17, 15) is 0 Å². The molecule has 0 N–H and O–H groups in total. The first-order chi connectivity index (χ1) is 11.6. The number of hydrogen-bond acceptors (Lipinski definition) is 5. The number of likely N-dealkylation sites (tertiary alicyclic amines) is 1. The van der Waals surface area contributed by atoms with Gasteiger partial charge < -0.3 is 9.30 Å². The number of hydrogen-bond donors (Lipinski definition) is 0. The van der Waals surface area contributed by atoms with E-state index in [-0.39, 0.29) is 0 Å². The van der Waals surface area contributed by atoms with Crippen molar-refractivity contribution in [3.05, 3.63) is 42.0 Å². The fourth-order valence-electron chi connectivity index (χ4n) is 3.13. The molecule has 6 nitrogen and oxygen atoms in total. The second-order valence-electron chi connectivity index (χ2n) is 6.54. The third kappa shape index (κ3) is 4.13. The molecule has 1 aliphatic rings. The molecule has 1 aliphatic heterocycles. The summed E-state index contributed by atoms with van der Waals surface area (Å²) in [7, 11) is 4.21. The van der Waals surface area contributed by atoms with Crippen molar-refractivity contribution in [2.24, 2.45) is 7.05 Å². The second kappa shape index (κ2) is 7.77. The first-order valence-electron chi connectivity index (χ1n) is 8.59. The summed E-state index contributed by atoms with van der Waals surface area (Å²) in [6.07, 6.45) is 1.19. The molecule has 1 aromatic carbocycles. The van der Waals surface area contributed by atoms with Gasteiger partial charge in [-0.2, -0.15) is 0 Å². The van der Waals surface area contributed by atoms with Gasteiger partial charge in [-0.05, 0) is 39.1 Å². The maximum Gasteiger partial charge on any atom is 0.146 e. The van der Waals surface area contributed by atoms with Gasteiger partial charge in [-0.3, -0.25) is 9.80 Å². The summed E-state index contributed by atoms with van der Waals surface area (Å²) in [6.45, 7) is 6.76. The summed E-state index contributed by atoms with van der Waals surface area (Å²) >= 11 is 0. The van der Waals surface area contributed by atoms with Crippen LogP contribution in [0.5, 0.6) is 5.75 Å². The van der Waals surface area contributed by atoms with Gasteiger partial charge in [0.15, 0.2) is 0 Å². The summed E-state index contributed by atoms with van der Waals surface area (Å²) in [5, 5.41) is 8.41. The van der Waals surface area contributed by atoms with Gasteiger partial charge in [-0.1, -0.05) is 18.2 Å². The molecule has 0 amide bonds. The van der Waals surface area contributed by atoms with E-state index in [0.29, 0.717) is 6.04 Å². The first-order valence-corrected chi connectivity index (χ1v) is 8.59. The van der Waals surface area contributed by atoms with Gasteiger partial charge in [0.25, 0.3) is 0 Å². The van der Waals surface area contributed by atoms with E-state index < -0.39 is 0 Å². The van der Waals surface area contributed by atoms with Gasteiger partial charge in [0, 0.05) is 26.2 Å². The Kier molecular flexibility index (Phi) is 5.48. The molecule has 1 saturated heterocycles. The third-order valence-electron chi connectivity index (χ3n) is 4.86. The molecular formula is C18H27N5O. The predicted octanol–water partition coefficient (Wildman–Crippen LogP) is 1.71. The van der Waals surface area contributed by atoms with E-state index >= 15 is 0 Å². The molecule has 1 fully saturated rings. The van der Waals surface area contributed by atoms with E-state index in [0.717, 1.165) is 50.2 Å². The number of aryl methyl sites for hydroxylation is 1. The lowest BCUT2D eigenvalue weighted by Gasteiger charge is -2.24. The number of aromatic nitrogens is 3. The normalized spacial score (nSPS) is 18.4. The molecule has 0 radical (unpaired) electrons. The predicted molar refractivity (Wildman–Crippen MR) is 94.0 cm³/mol. The highest BCUT2D eigenvalue weighted by molar-refractivity contribution is 5.20. The van der Waals surface area contributed by atoms with Crippen molar-refractivity contribution in [2.45, 2.75) is 25.9 Å². The minimum atomic E-state index is 0.568. The third-order valence-corrected chi connectivity index (χ3v) is 4.86. The Morgan fingerprint density at radius 2 is 2.04 bits per heavy atom. The van der Waals surface area contributed by atoms with Gasteiger partial charge in [0.05, 0.1) is 6.54 Å². The Hall–Kier alpha value is -1.92. The van der Waals surface area contributed by atoms with E-state index in [4.69, 9.17) is 4.74 Å². The van der Waals surface area contributed by atoms with Crippen LogP contribution in [0.25, 0.3) is 0 Å². The van der Waals surface area contributed by atoms with Crippen LogP contribution in [0.2, 0.25) is 0 Å². The van der Waals surface area contributed by atoms with Crippen LogP contribution in [-0.2, 0) is 13.6 Å². The average Bonchev–Trinajstić information content (AvgIpc) is 3.18. The average molecular weight is 329 g/mol. The lowest BCUT2D eigenvalue weighted by Crippen LogP contribution is -2.35. The van der Waals surface area contributed by atoms with E-state index in [1.165, 1.54) is 6.42 Å². The summed E-state index contributed by atoms with van der Waals surface area (Å²) in [5.41, 5.74) is 0. The van der Waals surface area contributed by atoms with Crippen LogP contribution in [0.1, 0.15) is 18.1 Å². The van der Waals surface area contributed by atoms with Gasteiger partial charge in [-0.25, -0.2) is 0 Å². The second-order valence-corrected chi connectivity index (χ2v) is 6.54. The van der Waals surface area contributed by atoms with Crippen molar-refractivity contribution in [2.75, 3.05) is 33.3 Å². The van der Waals surface area contributed by atoms with Crippen molar-refractivity contribution in [3.63, 3.8) is 0 Å². The monoisotopic (exact) mass is 329 g/mol. The molecule has 1 unspecified atom stereocenters. The van der Waals surface area contributed by atoms with Gasteiger partial charge in [0.1, 0.15) is 24.0 Å². The lowest BCUT2D eigenvalue weighted by molar-refractivity contribution is 0.200. The highest BCUT2D eigenvalue weighted by Crippen LogP contribution is 2.16.